The highest BCUT2D eigenvalue weighted by Crippen LogP contribution is 2.26. The summed E-state index contributed by atoms with van der Waals surface area (Å²) in [6, 6.07) is 4.78. The molecule has 2 aliphatic rings. The zero-order valence-electron chi connectivity index (χ0n) is 14.4. The van der Waals surface area contributed by atoms with Crippen LogP contribution in [0.25, 0.3) is 0 Å². The number of amides is 2. The number of nitrogens with zero attached hydrogens (tertiary/aromatic N) is 3. The third kappa shape index (κ3) is 4.10. The van der Waals surface area contributed by atoms with E-state index < -0.39 is 16.9 Å². The maximum Gasteiger partial charge on any atom is 0.294 e. The first kappa shape index (κ1) is 18.1. The Kier molecular flexibility index (Phi) is 5.67. The van der Waals surface area contributed by atoms with Crippen LogP contribution in [0.15, 0.2) is 18.2 Å². The lowest BCUT2D eigenvalue weighted by Crippen LogP contribution is -2.33. The molecule has 0 bridgehead atoms. The summed E-state index contributed by atoms with van der Waals surface area (Å²) in [4.78, 5) is 42.3. The highest BCUT2D eigenvalue weighted by Gasteiger charge is 2.35. The molecule has 2 amide bonds. The van der Waals surface area contributed by atoms with Crippen molar-refractivity contribution in [3.8, 4) is 5.75 Å². The van der Waals surface area contributed by atoms with Crippen LogP contribution in [0, 0.1) is 10.1 Å². The molecule has 0 atom stereocenters. The van der Waals surface area contributed by atoms with Crippen molar-refractivity contribution in [2.24, 2.45) is 0 Å². The van der Waals surface area contributed by atoms with E-state index in [1.54, 1.807) is 18.2 Å². The maximum absolute atomic E-state index is 12.4. The number of fused-ring (bicyclic) bond motifs is 1. The van der Waals surface area contributed by atoms with Gasteiger partial charge in [0.25, 0.3) is 16.9 Å². The van der Waals surface area contributed by atoms with Gasteiger partial charge in [-0.15, -0.1) is 10.1 Å². The maximum atomic E-state index is 12.4. The van der Waals surface area contributed by atoms with E-state index in [1.807, 2.05) is 0 Å². The van der Waals surface area contributed by atoms with E-state index in [1.165, 1.54) is 19.3 Å². The smallest absolute Gasteiger partial charge is 0.294 e. The van der Waals surface area contributed by atoms with E-state index >= 15 is 0 Å². The highest BCUT2D eigenvalue weighted by molar-refractivity contribution is 6.21. The van der Waals surface area contributed by atoms with Crippen LogP contribution in [-0.4, -0.2) is 66.1 Å². The van der Waals surface area contributed by atoms with E-state index in [4.69, 9.17) is 4.74 Å². The molecule has 0 aromatic heterocycles. The monoisotopic (exact) mass is 363 g/mol. The molecule has 0 N–H and O–H groups in total. The fourth-order valence-corrected chi connectivity index (χ4v) is 3.24. The topological polar surface area (TPSA) is 102 Å². The van der Waals surface area contributed by atoms with Crippen molar-refractivity contribution in [3.63, 3.8) is 0 Å². The normalized spacial score (nSPS) is 17.3. The fourth-order valence-electron chi connectivity index (χ4n) is 3.24. The lowest BCUT2D eigenvalue weighted by atomic mass is 10.1. The Morgan fingerprint density at radius 3 is 2.46 bits per heavy atom. The minimum Gasteiger partial charge on any atom is -0.492 e. The number of imide groups is 1. The van der Waals surface area contributed by atoms with Crippen LogP contribution in [0.5, 0.6) is 5.75 Å². The van der Waals surface area contributed by atoms with Gasteiger partial charge in [0.05, 0.1) is 17.7 Å². The van der Waals surface area contributed by atoms with Crippen molar-refractivity contribution in [3.05, 3.63) is 39.4 Å². The SMILES string of the molecule is O=C1c2ccc(OCCN3CCCCC3)cc2C(=O)N1CCO[N+](=O)[O-]. The molecule has 2 aliphatic heterocycles. The van der Waals surface area contributed by atoms with Gasteiger partial charge in [0.15, 0.2) is 0 Å². The Balaban J connectivity index is 1.57. The molecular formula is C17H21N3O6. The van der Waals surface area contributed by atoms with Gasteiger partial charge >= 0.3 is 0 Å². The molecule has 0 saturated carbocycles. The van der Waals surface area contributed by atoms with E-state index in [0.717, 1.165) is 24.5 Å². The second-order valence-corrected chi connectivity index (χ2v) is 6.28. The third-order valence-electron chi connectivity index (χ3n) is 4.58. The van der Waals surface area contributed by atoms with Crippen molar-refractivity contribution in [1.82, 2.24) is 9.80 Å². The van der Waals surface area contributed by atoms with E-state index in [0.29, 0.717) is 12.4 Å². The second-order valence-electron chi connectivity index (χ2n) is 6.28. The number of hydrogen-bond acceptors (Lipinski definition) is 7. The summed E-state index contributed by atoms with van der Waals surface area (Å²) < 4.78 is 5.73. The lowest BCUT2D eigenvalue weighted by molar-refractivity contribution is -0.757. The molecule has 9 heteroatoms. The number of ether oxygens (including phenoxy) is 1. The second kappa shape index (κ2) is 8.13. The van der Waals surface area contributed by atoms with Crippen molar-refractivity contribution < 1.29 is 24.3 Å². The van der Waals surface area contributed by atoms with Crippen LogP contribution in [0.1, 0.15) is 40.0 Å². The summed E-state index contributed by atoms with van der Waals surface area (Å²) in [5.41, 5.74) is 0.533. The van der Waals surface area contributed by atoms with Crippen molar-refractivity contribution >= 4 is 11.8 Å². The minimum absolute atomic E-state index is 0.168. The summed E-state index contributed by atoms with van der Waals surface area (Å²) in [6.07, 6.45) is 3.71. The average Bonchev–Trinajstić information content (AvgIpc) is 2.87. The molecular weight excluding hydrogens is 342 g/mol. The van der Waals surface area contributed by atoms with Crippen molar-refractivity contribution in [1.29, 1.82) is 0 Å². The summed E-state index contributed by atoms with van der Waals surface area (Å²) in [5, 5.41) is 9.24. The Morgan fingerprint density at radius 2 is 1.73 bits per heavy atom. The van der Waals surface area contributed by atoms with E-state index in [9.17, 15) is 19.7 Å². The van der Waals surface area contributed by atoms with Gasteiger partial charge in [0.2, 0.25) is 0 Å². The van der Waals surface area contributed by atoms with Crippen molar-refractivity contribution in [2.75, 3.05) is 39.4 Å². The molecule has 0 unspecified atom stereocenters. The molecule has 1 fully saturated rings. The Bertz CT molecular complexity index is 702. The summed E-state index contributed by atoms with van der Waals surface area (Å²) >= 11 is 0. The van der Waals surface area contributed by atoms with Gasteiger partial charge in [0, 0.05) is 6.54 Å². The Morgan fingerprint density at radius 1 is 1.00 bits per heavy atom. The van der Waals surface area contributed by atoms with E-state index in [2.05, 4.69) is 9.74 Å². The van der Waals surface area contributed by atoms with Crippen LogP contribution in [-0.2, 0) is 4.84 Å². The van der Waals surface area contributed by atoms with Crippen LogP contribution >= 0.6 is 0 Å². The van der Waals surface area contributed by atoms with Crippen LogP contribution < -0.4 is 4.74 Å². The van der Waals surface area contributed by atoms with Gasteiger partial charge in [0.1, 0.15) is 19.0 Å². The Hall–Kier alpha value is -2.68. The van der Waals surface area contributed by atoms with Crippen LogP contribution in [0.4, 0.5) is 0 Å². The fraction of sp³-hybridized carbons (Fsp3) is 0.529. The van der Waals surface area contributed by atoms with Crippen LogP contribution in [0.2, 0.25) is 0 Å². The molecule has 0 spiro atoms. The predicted octanol–water partition coefficient (Wildman–Crippen LogP) is 1.36. The molecule has 0 aliphatic carbocycles. The number of rotatable bonds is 8. The first-order valence-corrected chi connectivity index (χ1v) is 8.69. The molecule has 2 heterocycles. The Labute approximate surface area is 150 Å². The minimum atomic E-state index is -0.952. The summed E-state index contributed by atoms with van der Waals surface area (Å²) in [5.74, 6) is -0.430. The summed E-state index contributed by atoms with van der Waals surface area (Å²) in [7, 11) is 0. The number of hydrogen-bond donors (Lipinski definition) is 0. The largest absolute Gasteiger partial charge is 0.492 e. The molecule has 140 valence electrons. The number of benzene rings is 1. The lowest BCUT2D eigenvalue weighted by Gasteiger charge is -2.26. The average molecular weight is 363 g/mol. The molecule has 1 aromatic rings. The standard InChI is InChI=1S/C17H21N3O6/c21-16-14-5-4-13(25-10-8-18-6-2-1-3-7-18)12-15(14)17(22)19(16)9-11-26-20(23)24/h4-5,12H,1-3,6-11H2. The molecule has 1 aromatic carbocycles. The first-order valence-electron chi connectivity index (χ1n) is 8.69. The van der Waals surface area contributed by atoms with Gasteiger partial charge in [-0.3, -0.25) is 19.4 Å². The molecule has 3 rings (SSSR count). The van der Waals surface area contributed by atoms with Gasteiger partial charge < -0.3 is 9.57 Å². The van der Waals surface area contributed by atoms with E-state index in [-0.39, 0.29) is 24.3 Å². The first-order chi connectivity index (χ1) is 12.6. The molecule has 1 saturated heterocycles. The molecule has 26 heavy (non-hydrogen) atoms. The number of carbonyl (C=O) groups is 2. The quantitative estimate of drug-likeness (QED) is 0.390. The number of carbonyl (C=O) groups excluding carboxylic acids is 2. The highest BCUT2D eigenvalue weighted by atomic mass is 16.9. The van der Waals surface area contributed by atoms with Gasteiger partial charge in [-0.2, -0.15) is 0 Å². The van der Waals surface area contributed by atoms with Gasteiger partial charge in [-0.05, 0) is 44.1 Å². The number of piperidine rings is 1. The van der Waals surface area contributed by atoms with Gasteiger partial charge in [-0.25, -0.2) is 0 Å². The summed E-state index contributed by atoms with van der Waals surface area (Å²) in [6.45, 7) is 3.00. The third-order valence-corrected chi connectivity index (χ3v) is 4.58. The zero-order valence-corrected chi connectivity index (χ0v) is 14.4. The molecule has 9 nitrogen and oxygen atoms in total. The van der Waals surface area contributed by atoms with Gasteiger partial charge in [-0.1, -0.05) is 6.42 Å². The van der Waals surface area contributed by atoms with Crippen LogP contribution in [0.3, 0.4) is 0 Å². The van der Waals surface area contributed by atoms with Crippen molar-refractivity contribution in [2.45, 2.75) is 19.3 Å². The zero-order chi connectivity index (χ0) is 18.5. The number of likely N-dealkylation sites (tertiary alicyclic amines) is 1. The molecule has 0 radical (unpaired) electrons. The predicted molar refractivity (Wildman–Crippen MR) is 90.5 cm³/mol.